The molecule has 2 aliphatic carbocycles. The van der Waals surface area contributed by atoms with Crippen LogP contribution in [0.3, 0.4) is 0 Å². The predicted octanol–water partition coefficient (Wildman–Crippen LogP) is 5.91. The molecule has 2 unspecified atom stereocenters. The van der Waals surface area contributed by atoms with Crippen LogP contribution in [0.5, 0.6) is 0 Å². The van der Waals surface area contributed by atoms with Crippen LogP contribution in [0.15, 0.2) is 64.3 Å². The monoisotopic (exact) mass is 650 g/mol. The van der Waals surface area contributed by atoms with E-state index >= 15 is 0 Å². The van der Waals surface area contributed by atoms with E-state index < -0.39 is 0 Å². The molecular formula is C38H43ClN6O2. The fraction of sp³-hybridized carbons (Fsp3) is 0.526. The molecule has 0 radical (unpaired) electrons. The van der Waals surface area contributed by atoms with Gasteiger partial charge in [0.25, 0.3) is 0 Å². The maximum absolute atomic E-state index is 12.7. The molecule has 0 N–H and O–H groups in total. The highest BCUT2D eigenvalue weighted by Gasteiger charge is 2.46. The molecule has 244 valence electrons. The third-order valence-corrected chi connectivity index (χ3v) is 11.6. The Kier molecular flexibility index (Phi) is 9.01. The molecule has 3 atom stereocenters. The number of ether oxygens (including phenoxy) is 1. The molecule has 4 heterocycles. The lowest BCUT2D eigenvalue weighted by Gasteiger charge is -2.46. The number of dihydropyridines is 1. The molecule has 1 aromatic rings. The SMILES string of the molecule is C=CC(=O)N1CCN(C2=C(CC#N)C(OCC34CCCN3CCC4)=NC3C=C(c4cccc5c4CCCC5)C(Cl)=CC23)C[C@@H]1CC#N. The molecular weight excluding hydrogens is 608 g/mol. The summed E-state index contributed by atoms with van der Waals surface area (Å²) in [4.78, 5) is 24.6. The van der Waals surface area contributed by atoms with Crippen molar-refractivity contribution in [2.45, 2.75) is 81.8 Å². The summed E-state index contributed by atoms with van der Waals surface area (Å²) in [7, 11) is 0. The molecule has 47 heavy (non-hydrogen) atoms. The molecule has 1 amide bonds. The lowest BCUT2D eigenvalue weighted by Crippen LogP contribution is -2.56. The third-order valence-electron chi connectivity index (χ3n) is 11.3. The van der Waals surface area contributed by atoms with Crippen molar-refractivity contribution in [2.75, 3.05) is 39.3 Å². The van der Waals surface area contributed by atoms with Crippen molar-refractivity contribution in [3.63, 3.8) is 0 Å². The highest BCUT2D eigenvalue weighted by molar-refractivity contribution is 6.37. The molecule has 7 rings (SSSR count). The van der Waals surface area contributed by atoms with Crippen molar-refractivity contribution in [3.05, 3.63) is 76.0 Å². The highest BCUT2D eigenvalue weighted by Crippen LogP contribution is 2.45. The Labute approximate surface area is 283 Å². The summed E-state index contributed by atoms with van der Waals surface area (Å²) in [5, 5.41) is 20.5. The number of carbonyl (C=O) groups excluding carboxylic acids is 1. The number of halogens is 1. The number of piperazine rings is 1. The number of allylic oxidation sites excluding steroid dienone is 2. The summed E-state index contributed by atoms with van der Waals surface area (Å²) in [5.41, 5.74) is 6.79. The van der Waals surface area contributed by atoms with Crippen LogP contribution in [0.1, 0.15) is 68.1 Å². The summed E-state index contributed by atoms with van der Waals surface area (Å²) in [6.07, 6.45) is 15.1. The zero-order chi connectivity index (χ0) is 32.5. The summed E-state index contributed by atoms with van der Waals surface area (Å²) in [5.74, 6) is 0.188. The van der Waals surface area contributed by atoms with Crippen molar-refractivity contribution in [1.29, 1.82) is 10.5 Å². The van der Waals surface area contributed by atoms with Gasteiger partial charge in [-0.1, -0.05) is 42.5 Å². The standard InChI is InChI=1S/C38H43ClN6O2/c1-2-35(46)45-21-20-43(24-27(45)12-16-40)36-30(13-17-41)37(47-25-38-14-6-18-44(38)19-7-15-38)42-34-23-31(33(39)22-32(34)36)29-11-5-9-26-8-3-4-10-28(26)29/h2,5,9,11,22-23,27,32,34H,1,3-4,6-8,10,12-15,18-21,24-25H2/t27-,32?,34?/m0/s1. The second kappa shape index (κ2) is 13.3. The quantitative estimate of drug-likeness (QED) is 0.341. The highest BCUT2D eigenvalue weighted by atomic mass is 35.5. The van der Waals surface area contributed by atoms with Gasteiger partial charge in [-0.3, -0.25) is 9.69 Å². The molecule has 4 aliphatic heterocycles. The smallest absolute Gasteiger partial charge is 0.246 e. The Bertz CT molecular complexity index is 1650. The minimum atomic E-state index is -0.300. The first-order chi connectivity index (χ1) is 23.0. The van der Waals surface area contributed by atoms with E-state index in [1.54, 1.807) is 4.90 Å². The Morgan fingerprint density at radius 2 is 1.89 bits per heavy atom. The predicted molar refractivity (Wildman–Crippen MR) is 183 cm³/mol. The molecule has 9 heteroatoms. The largest absolute Gasteiger partial charge is 0.476 e. The number of hydrogen-bond acceptors (Lipinski definition) is 7. The second-order valence-corrected chi connectivity index (χ2v) is 14.2. The number of carbonyl (C=O) groups is 1. The zero-order valence-corrected chi connectivity index (χ0v) is 27.9. The number of aliphatic imine (C=N–C) groups is 1. The average Bonchev–Trinajstić information content (AvgIpc) is 3.68. The number of nitrogens with zero attached hydrogens (tertiary/aromatic N) is 6. The number of rotatable bonds is 7. The normalized spacial score (nSPS) is 26.6. The average molecular weight is 651 g/mol. The van der Waals surface area contributed by atoms with Gasteiger partial charge in [-0.05, 0) is 98.9 Å². The van der Waals surface area contributed by atoms with E-state index in [2.05, 4.69) is 58.9 Å². The van der Waals surface area contributed by atoms with Gasteiger partial charge < -0.3 is 14.5 Å². The number of hydrogen-bond donors (Lipinski definition) is 0. The van der Waals surface area contributed by atoms with Crippen LogP contribution in [-0.4, -0.2) is 83.5 Å². The van der Waals surface area contributed by atoms with Crippen molar-refractivity contribution < 1.29 is 9.53 Å². The second-order valence-electron chi connectivity index (χ2n) is 13.8. The molecule has 0 saturated carbocycles. The first-order valence-electron chi connectivity index (χ1n) is 17.3. The van der Waals surface area contributed by atoms with Gasteiger partial charge in [0.05, 0.1) is 42.6 Å². The Balaban J connectivity index is 1.29. The third kappa shape index (κ3) is 5.81. The molecule has 1 aromatic carbocycles. The minimum absolute atomic E-state index is 0.0335. The minimum Gasteiger partial charge on any atom is -0.476 e. The maximum Gasteiger partial charge on any atom is 0.246 e. The summed E-state index contributed by atoms with van der Waals surface area (Å²) in [6, 6.07) is 10.7. The zero-order valence-electron chi connectivity index (χ0n) is 27.1. The Hall–Kier alpha value is -3.85. The van der Waals surface area contributed by atoms with E-state index in [1.165, 1.54) is 48.4 Å². The molecule has 0 aromatic heterocycles. The van der Waals surface area contributed by atoms with E-state index in [1.807, 2.05) is 0 Å². The number of benzene rings is 1. The van der Waals surface area contributed by atoms with Crippen molar-refractivity contribution in [1.82, 2.24) is 14.7 Å². The number of amides is 1. The molecule has 3 fully saturated rings. The van der Waals surface area contributed by atoms with E-state index in [4.69, 9.17) is 21.3 Å². The van der Waals surface area contributed by atoms with E-state index in [-0.39, 0.29) is 42.3 Å². The van der Waals surface area contributed by atoms with Crippen molar-refractivity contribution >= 4 is 29.0 Å². The molecule has 0 bridgehead atoms. The number of aryl methyl sites for hydroxylation is 1. The number of nitriles is 2. The summed E-state index contributed by atoms with van der Waals surface area (Å²) < 4.78 is 6.78. The van der Waals surface area contributed by atoms with Crippen LogP contribution in [0.25, 0.3) is 5.57 Å². The van der Waals surface area contributed by atoms with E-state index in [0.29, 0.717) is 37.2 Å². The maximum atomic E-state index is 12.7. The molecule has 3 saturated heterocycles. The number of fused-ring (bicyclic) bond motifs is 3. The Morgan fingerprint density at radius 3 is 2.66 bits per heavy atom. The summed E-state index contributed by atoms with van der Waals surface area (Å²) in [6.45, 7) is 7.95. The van der Waals surface area contributed by atoms with Crippen LogP contribution in [0.4, 0.5) is 0 Å². The van der Waals surface area contributed by atoms with Crippen LogP contribution in [-0.2, 0) is 22.4 Å². The van der Waals surface area contributed by atoms with Crippen molar-refractivity contribution in [2.24, 2.45) is 10.9 Å². The van der Waals surface area contributed by atoms with Gasteiger partial charge in [0.2, 0.25) is 11.8 Å². The molecule has 6 aliphatic rings. The van der Waals surface area contributed by atoms with Gasteiger partial charge >= 0.3 is 0 Å². The van der Waals surface area contributed by atoms with Gasteiger partial charge in [0, 0.05) is 41.9 Å². The summed E-state index contributed by atoms with van der Waals surface area (Å²) >= 11 is 7.21. The first-order valence-corrected chi connectivity index (χ1v) is 17.7. The topological polar surface area (TPSA) is 96.0 Å². The van der Waals surface area contributed by atoms with Gasteiger partial charge in [-0.25, -0.2) is 4.99 Å². The van der Waals surface area contributed by atoms with Gasteiger partial charge in [0.1, 0.15) is 6.61 Å². The molecule has 0 spiro atoms. The van der Waals surface area contributed by atoms with Crippen LogP contribution in [0.2, 0.25) is 0 Å². The Morgan fingerprint density at radius 1 is 1.09 bits per heavy atom. The van der Waals surface area contributed by atoms with Crippen LogP contribution in [0, 0.1) is 28.6 Å². The van der Waals surface area contributed by atoms with Gasteiger partial charge in [-0.2, -0.15) is 10.5 Å². The van der Waals surface area contributed by atoms with Crippen molar-refractivity contribution in [3.8, 4) is 12.1 Å². The van der Waals surface area contributed by atoms with Gasteiger partial charge in [0.15, 0.2) is 0 Å². The van der Waals surface area contributed by atoms with E-state index in [9.17, 15) is 15.3 Å². The fourth-order valence-corrected chi connectivity index (χ4v) is 9.33. The van der Waals surface area contributed by atoms with Crippen LogP contribution < -0.4 is 0 Å². The first kappa shape index (κ1) is 31.7. The van der Waals surface area contributed by atoms with Gasteiger partial charge in [-0.15, -0.1) is 0 Å². The molecule has 8 nitrogen and oxygen atoms in total. The lowest BCUT2D eigenvalue weighted by molar-refractivity contribution is -0.130. The van der Waals surface area contributed by atoms with Crippen LogP contribution >= 0.6 is 11.6 Å². The fourth-order valence-electron chi connectivity index (χ4n) is 9.03. The van der Waals surface area contributed by atoms with E-state index in [0.717, 1.165) is 55.6 Å². The lowest BCUT2D eigenvalue weighted by atomic mass is 9.79.